The number of carboxylic acid groups (broad SMARTS) is 1. The molecule has 3 atom stereocenters. The number of ketones is 1. The highest BCUT2D eigenvalue weighted by atomic mass is 35.5. The van der Waals surface area contributed by atoms with Crippen LogP contribution in [0.25, 0.3) is 0 Å². The maximum Gasteiger partial charge on any atom is 0.323 e. The van der Waals surface area contributed by atoms with Gasteiger partial charge >= 0.3 is 5.97 Å². The first-order valence-corrected chi connectivity index (χ1v) is 7.63. The lowest BCUT2D eigenvalue weighted by atomic mass is 9.94. The van der Waals surface area contributed by atoms with Crippen molar-refractivity contribution in [2.75, 3.05) is 34.2 Å². The first-order chi connectivity index (χ1) is 10.2. The summed E-state index contributed by atoms with van der Waals surface area (Å²) in [6.45, 7) is 2.54. The van der Waals surface area contributed by atoms with Gasteiger partial charge in [-0.15, -0.1) is 12.4 Å². The summed E-state index contributed by atoms with van der Waals surface area (Å²) < 4.78 is 5.77. The number of hydrogen-bond acceptors (Lipinski definition) is 6. The predicted octanol–water partition coefficient (Wildman–Crippen LogP) is -0.877. The number of nitrogens with one attached hydrogen (secondary N) is 1. The second-order valence-corrected chi connectivity index (χ2v) is 6.71. The number of quaternary nitrogens is 1. The van der Waals surface area contributed by atoms with Crippen molar-refractivity contribution in [1.29, 1.82) is 0 Å². The highest BCUT2D eigenvalue weighted by Crippen LogP contribution is 2.17. The minimum absolute atomic E-state index is 0. The van der Waals surface area contributed by atoms with Crippen LogP contribution in [0.2, 0.25) is 0 Å². The normalized spacial score (nSPS) is 20.3. The molecule has 0 bridgehead atoms. The van der Waals surface area contributed by atoms with Gasteiger partial charge in [-0.2, -0.15) is 0 Å². The van der Waals surface area contributed by atoms with E-state index in [1.165, 1.54) is 0 Å². The number of ether oxygens (including phenoxy) is 1. The average Bonchev–Trinajstić information content (AvgIpc) is 2.89. The molecule has 0 amide bonds. The quantitative estimate of drug-likeness (QED) is 0.347. The molecule has 0 aromatic heterocycles. The minimum atomic E-state index is -1.49. The fourth-order valence-corrected chi connectivity index (χ4v) is 2.58. The molecule has 0 radical (unpaired) electrons. The van der Waals surface area contributed by atoms with E-state index in [1.54, 1.807) is 6.92 Å². The summed E-state index contributed by atoms with van der Waals surface area (Å²) in [7, 11) is 5.53. The van der Waals surface area contributed by atoms with Gasteiger partial charge in [0, 0.05) is 6.42 Å². The summed E-state index contributed by atoms with van der Waals surface area (Å²) in [5.74, 6) is -3.89. The Hall–Kier alpha value is -1.18. The number of carbonyl (C=O) groups is 3. The monoisotopic (exact) mass is 350 g/mol. The fourth-order valence-electron chi connectivity index (χ4n) is 2.58. The van der Waals surface area contributed by atoms with Crippen LogP contribution in [0.3, 0.4) is 0 Å². The zero-order valence-corrected chi connectivity index (χ0v) is 15.0. The number of aliphatic carboxylic acids is 1. The molecule has 0 aliphatic carbocycles. The third kappa shape index (κ3) is 6.85. The van der Waals surface area contributed by atoms with Gasteiger partial charge in [0.15, 0.2) is 6.10 Å². The zero-order chi connectivity index (χ0) is 16.9. The highest BCUT2D eigenvalue weighted by molar-refractivity contribution is 5.98. The number of rotatable bonds is 8. The molecule has 1 heterocycles. The van der Waals surface area contributed by atoms with E-state index in [0.717, 1.165) is 13.0 Å². The van der Waals surface area contributed by atoms with E-state index in [0.29, 0.717) is 10.9 Å². The summed E-state index contributed by atoms with van der Waals surface area (Å²) in [5.41, 5.74) is 0. The molecule has 1 rings (SSSR count). The van der Waals surface area contributed by atoms with Crippen LogP contribution >= 0.6 is 12.4 Å². The van der Waals surface area contributed by atoms with Gasteiger partial charge in [0.1, 0.15) is 18.4 Å². The molecule has 0 saturated carbocycles. The summed E-state index contributed by atoms with van der Waals surface area (Å²) in [6, 6.07) is -0.422. The number of Topliss-reactive ketones (excluding diaryl/α,β-unsaturated/α-hetero) is 1. The van der Waals surface area contributed by atoms with E-state index in [4.69, 9.17) is 4.74 Å². The third-order valence-electron chi connectivity index (χ3n) is 3.66. The van der Waals surface area contributed by atoms with Crippen molar-refractivity contribution in [1.82, 2.24) is 5.32 Å². The largest absolute Gasteiger partial charge is 0.549 e. The summed E-state index contributed by atoms with van der Waals surface area (Å²) in [4.78, 5) is 35.5. The highest BCUT2D eigenvalue weighted by Gasteiger charge is 2.37. The fraction of sp³-hybridized carbons (Fsp3) is 0.800. The molecule has 1 aliphatic heterocycles. The van der Waals surface area contributed by atoms with Crippen molar-refractivity contribution in [2.45, 2.75) is 38.3 Å². The number of nitrogens with zero attached hydrogens (tertiary/aromatic N) is 1. The van der Waals surface area contributed by atoms with Crippen LogP contribution in [-0.4, -0.2) is 68.6 Å². The van der Waals surface area contributed by atoms with E-state index in [-0.39, 0.29) is 25.4 Å². The van der Waals surface area contributed by atoms with Gasteiger partial charge < -0.3 is 24.4 Å². The maximum atomic E-state index is 12.2. The van der Waals surface area contributed by atoms with E-state index in [9.17, 15) is 19.5 Å². The molecule has 1 aliphatic rings. The molecule has 0 spiro atoms. The first kappa shape index (κ1) is 21.8. The number of hydrogen-bond donors (Lipinski definition) is 1. The van der Waals surface area contributed by atoms with Crippen molar-refractivity contribution in [3.05, 3.63) is 0 Å². The molecule has 0 aromatic rings. The van der Waals surface area contributed by atoms with Crippen LogP contribution in [0.4, 0.5) is 0 Å². The minimum Gasteiger partial charge on any atom is -0.549 e. The van der Waals surface area contributed by atoms with Gasteiger partial charge in [0.25, 0.3) is 0 Å². The van der Waals surface area contributed by atoms with E-state index in [1.807, 2.05) is 21.1 Å². The van der Waals surface area contributed by atoms with Gasteiger partial charge in [-0.05, 0) is 19.4 Å². The Morgan fingerprint density at radius 2 is 1.91 bits per heavy atom. The average molecular weight is 351 g/mol. The summed E-state index contributed by atoms with van der Waals surface area (Å²) >= 11 is 0. The van der Waals surface area contributed by atoms with Gasteiger partial charge in [0.05, 0.1) is 33.0 Å². The van der Waals surface area contributed by atoms with Crippen LogP contribution in [0.5, 0.6) is 0 Å². The Kier molecular flexibility index (Phi) is 8.73. The van der Waals surface area contributed by atoms with Crippen LogP contribution in [0, 0.1) is 5.92 Å². The SMILES string of the molecule is CCC(=O)C(C(=O)[O-])C(C[N+](C)(C)C)OC(=O)[C@@H]1CCCN1.Cl. The smallest absolute Gasteiger partial charge is 0.323 e. The van der Waals surface area contributed by atoms with Crippen molar-refractivity contribution in [2.24, 2.45) is 5.92 Å². The molecule has 1 N–H and O–H groups in total. The third-order valence-corrected chi connectivity index (χ3v) is 3.66. The molecular weight excluding hydrogens is 324 g/mol. The molecule has 134 valence electrons. The molecule has 7 nitrogen and oxygen atoms in total. The maximum absolute atomic E-state index is 12.2. The lowest BCUT2D eigenvalue weighted by molar-refractivity contribution is -0.873. The van der Waals surface area contributed by atoms with Gasteiger partial charge in [-0.1, -0.05) is 6.92 Å². The van der Waals surface area contributed by atoms with Crippen LogP contribution in [0.1, 0.15) is 26.2 Å². The molecule has 1 fully saturated rings. The lowest BCUT2D eigenvalue weighted by Crippen LogP contribution is -2.53. The summed E-state index contributed by atoms with van der Waals surface area (Å²) in [6.07, 6.45) is 0.573. The van der Waals surface area contributed by atoms with Gasteiger partial charge in [0.2, 0.25) is 0 Å². The zero-order valence-electron chi connectivity index (χ0n) is 14.2. The second kappa shape index (κ2) is 9.20. The standard InChI is InChI=1S/C15H26N2O5.ClH/c1-5-11(18)13(14(19)20)12(9-17(2,3)4)22-15(21)10-7-6-8-16-10;/h10,12-13,16H,5-9H2,1-4H3;1H/t10-,12?,13?;/m0./s1. The molecular formula is C15H27ClN2O5. The van der Waals surface area contributed by atoms with Crippen LogP contribution in [-0.2, 0) is 19.1 Å². The predicted molar refractivity (Wildman–Crippen MR) is 84.8 cm³/mol. The van der Waals surface area contributed by atoms with Crippen molar-refractivity contribution in [3.63, 3.8) is 0 Å². The Bertz CT molecular complexity index is 430. The Balaban J connectivity index is 0.00000484. The molecule has 8 heteroatoms. The number of halogens is 1. The molecule has 2 unspecified atom stereocenters. The summed E-state index contributed by atoms with van der Waals surface area (Å²) in [5, 5.41) is 14.4. The van der Waals surface area contributed by atoms with Gasteiger partial charge in [-0.3, -0.25) is 9.59 Å². The van der Waals surface area contributed by atoms with Crippen molar-refractivity contribution >= 4 is 30.1 Å². The molecule has 0 aromatic carbocycles. The number of likely N-dealkylation sites (N-methyl/N-ethyl adjacent to an activating group) is 1. The lowest BCUT2D eigenvalue weighted by Gasteiger charge is -2.33. The number of carboxylic acids is 1. The van der Waals surface area contributed by atoms with Crippen molar-refractivity contribution < 1.29 is 28.7 Å². The van der Waals surface area contributed by atoms with Crippen molar-refractivity contribution in [3.8, 4) is 0 Å². The second-order valence-electron chi connectivity index (χ2n) is 6.71. The first-order valence-electron chi connectivity index (χ1n) is 7.63. The molecule has 1 saturated heterocycles. The topological polar surface area (TPSA) is 95.5 Å². The van der Waals surface area contributed by atoms with E-state index < -0.39 is 35.8 Å². The van der Waals surface area contributed by atoms with E-state index in [2.05, 4.69) is 5.32 Å². The number of esters is 1. The molecule has 23 heavy (non-hydrogen) atoms. The van der Waals surface area contributed by atoms with Crippen LogP contribution in [0.15, 0.2) is 0 Å². The Labute approximate surface area is 143 Å². The van der Waals surface area contributed by atoms with Gasteiger partial charge in [-0.25, -0.2) is 0 Å². The Morgan fingerprint density at radius 1 is 1.30 bits per heavy atom. The van der Waals surface area contributed by atoms with Crippen LogP contribution < -0.4 is 10.4 Å². The number of carbonyl (C=O) groups excluding carboxylic acids is 3. The Morgan fingerprint density at radius 3 is 2.30 bits per heavy atom. The van der Waals surface area contributed by atoms with E-state index >= 15 is 0 Å².